The first-order valence-corrected chi connectivity index (χ1v) is 28.3. The average Bonchev–Trinajstić information content (AvgIpc) is 4.15. The predicted molar refractivity (Wildman–Crippen MR) is 276 cm³/mol. The second-order valence-electron chi connectivity index (χ2n) is 19.5. The van der Waals surface area contributed by atoms with E-state index in [0.717, 1.165) is 47.4 Å². The van der Waals surface area contributed by atoms with Crippen molar-refractivity contribution in [3.05, 3.63) is 124 Å². The van der Waals surface area contributed by atoms with Crippen molar-refractivity contribution < 1.29 is 79.6 Å². The number of ether oxygens (including phenoxy) is 1. The van der Waals surface area contributed by atoms with Gasteiger partial charge in [-0.2, -0.15) is 10.5 Å². The summed E-state index contributed by atoms with van der Waals surface area (Å²) in [6.45, 7) is 37.7. The number of nitriles is 2. The number of aromatic nitrogens is 9. The minimum atomic E-state index is -4.94. The normalized spacial score (nSPS) is 11.1. The molecular weight excluding hydrogens is 1110 g/mol. The molecule has 79 heavy (non-hydrogen) atoms. The molecule has 0 amide bonds. The zero-order chi connectivity index (χ0) is 59.5. The van der Waals surface area contributed by atoms with Crippen molar-refractivity contribution in [1.82, 2.24) is 49.9 Å². The topological polar surface area (TPSA) is 337 Å². The van der Waals surface area contributed by atoms with Gasteiger partial charge in [-0.1, -0.05) is 167 Å². The molecule has 0 aliphatic carbocycles. The Morgan fingerprint density at radius 1 is 0.443 bits per heavy atom. The van der Waals surface area contributed by atoms with E-state index in [2.05, 4.69) is 161 Å². The molecule has 3 heterocycles. The molecule has 0 unspecified atom stereocenters. The number of para-hydroxylation sites is 3. The van der Waals surface area contributed by atoms with Crippen LogP contribution in [0.1, 0.15) is 210 Å². The average molecular weight is 1190 g/mol. The molecule has 0 saturated carbocycles. The number of halogens is 2. The van der Waals surface area contributed by atoms with Crippen LogP contribution in [0.2, 0.25) is 0 Å². The minimum absolute atomic E-state index is 0. The zero-order valence-corrected chi connectivity index (χ0v) is 50.9. The van der Waals surface area contributed by atoms with Crippen molar-refractivity contribution in [2.45, 2.75) is 179 Å². The number of nitrogens with zero attached hydrogens (tertiary/aromatic N) is 12. The van der Waals surface area contributed by atoms with E-state index in [0.29, 0.717) is 68.0 Å². The molecule has 3 aromatic carbocycles. The van der Waals surface area contributed by atoms with Crippen LogP contribution in [0, 0.1) is 43.1 Å². The maximum atomic E-state index is 8.49. The summed E-state index contributed by atoms with van der Waals surface area (Å²) in [5.74, 6) is 2.07. The Balaban J connectivity index is 0.00000214. The van der Waals surface area contributed by atoms with Crippen molar-refractivity contribution >= 4 is 0 Å². The molecule has 0 saturated heterocycles. The molecule has 21 nitrogen and oxygen atoms in total. The third-order valence-corrected chi connectivity index (χ3v) is 11.2. The van der Waals surface area contributed by atoms with Gasteiger partial charge in [-0.3, -0.25) is 4.90 Å². The standard InChI is InChI=1S/C45H60N10.C4H10O.2C3H5N.2ClHO4.Cu/c1-28(2)37-16-13-17-38(29(3)4)43(37)53-25-34(46-49-53)22-52(23-35-26-54(50-47-35)44-39(30(5)6)18-14-19-40(44)31(7)8)24-36-27-55(51-48-36)45-41(32(9)10)20-15-21-42(45)33(11)12;1-3-5-4-2;2*1-2-3-4;2*2-1(3,4)5;/h13-21,25-33H,22-24H2,1-12H3;3-4H2,1-2H3;2*2H2,1H3;2*(H,2,3,4,5);/q;;;;;;+2/p-2. The van der Waals surface area contributed by atoms with Gasteiger partial charge < -0.3 is 4.74 Å². The van der Waals surface area contributed by atoms with E-state index in [4.69, 9.17) is 83.5 Å². The largest absolute Gasteiger partial charge is 2.00 e. The Labute approximate surface area is 482 Å². The molecule has 0 spiro atoms. The maximum absolute atomic E-state index is 8.49. The van der Waals surface area contributed by atoms with E-state index < -0.39 is 20.5 Å². The minimum Gasteiger partial charge on any atom is -0.382 e. The first-order chi connectivity index (χ1) is 36.5. The van der Waals surface area contributed by atoms with Gasteiger partial charge in [-0.25, -0.2) is 51.3 Å². The summed E-state index contributed by atoms with van der Waals surface area (Å²) in [6, 6.07) is 23.6. The molecule has 0 atom stereocenters. The van der Waals surface area contributed by atoms with E-state index in [1.807, 2.05) is 53.9 Å². The number of hydrogen-bond donors (Lipinski definition) is 0. The smallest absolute Gasteiger partial charge is 0.382 e. The van der Waals surface area contributed by atoms with E-state index in [-0.39, 0.29) is 17.1 Å². The first-order valence-electron chi connectivity index (χ1n) is 25.9. The molecule has 439 valence electrons. The fraction of sp³-hybridized carbons (Fsp3) is 0.527. The third kappa shape index (κ3) is 27.2. The van der Waals surface area contributed by atoms with Crippen LogP contribution in [0.4, 0.5) is 0 Å². The third-order valence-electron chi connectivity index (χ3n) is 11.2. The summed E-state index contributed by atoms with van der Waals surface area (Å²) in [6.07, 6.45) is 7.49. The van der Waals surface area contributed by atoms with Gasteiger partial charge in [0.2, 0.25) is 0 Å². The predicted octanol–water partition coefficient (Wildman–Crippen LogP) is 3.74. The number of hydrogen-bond acceptors (Lipinski definition) is 18. The van der Waals surface area contributed by atoms with Crippen molar-refractivity contribution in [3.63, 3.8) is 0 Å². The van der Waals surface area contributed by atoms with Crippen molar-refractivity contribution in [2.75, 3.05) is 13.2 Å². The Morgan fingerprint density at radius 2 is 0.633 bits per heavy atom. The van der Waals surface area contributed by atoms with Crippen molar-refractivity contribution in [3.8, 4) is 29.2 Å². The van der Waals surface area contributed by atoms with Crippen molar-refractivity contribution in [2.24, 2.45) is 0 Å². The van der Waals surface area contributed by atoms with Crippen LogP contribution in [0.5, 0.6) is 0 Å². The van der Waals surface area contributed by atoms with Crippen LogP contribution in [0.15, 0.2) is 73.2 Å². The molecule has 0 N–H and O–H groups in total. The van der Waals surface area contributed by atoms with Crippen LogP contribution in [0.3, 0.4) is 0 Å². The second-order valence-corrected chi connectivity index (χ2v) is 21.0. The molecular formula is C55H80Cl2CuN12O9. The molecule has 0 aliphatic rings. The zero-order valence-electron chi connectivity index (χ0n) is 48.4. The summed E-state index contributed by atoms with van der Waals surface area (Å²) in [4.78, 5) is 2.31. The quantitative estimate of drug-likeness (QED) is 0.117. The van der Waals surface area contributed by atoms with E-state index in [1.54, 1.807) is 0 Å². The van der Waals surface area contributed by atoms with Gasteiger partial charge in [-0.15, -0.1) is 35.8 Å². The van der Waals surface area contributed by atoms with E-state index >= 15 is 0 Å². The van der Waals surface area contributed by atoms with Gasteiger partial charge in [0, 0.05) is 45.7 Å². The molecule has 24 heteroatoms. The van der Waals surface area contributed by atoms with Crippen LogP contribution in [0.25, 0.3) is 17.1 Å². The molecule has 6 rings (SSSR count). The summed E-state index contributed by atoms with van der Waals surface area (Å²) in [7, 11) is -9.89. The van der Waals surface area contributed by atoms with Crippen LogP contribution in [-0.2, 0) is 41.4 Å². The molecule has 3 aromatic heterocycles. The summed E-state index contributed by atoms with van der Waals surface area (Å²) in [5.41, 5.74) is 13.5. The van der Waals surface area contributed by atoms with E-state index in [9.17, 15) is 0 Å². The van der Waals surface area contributed by atoms with Gasteiger partial charge in [-0.05, 0) is 82.7 Å². The number of benzene rings is 3. The summed E-state index contributed by atoms with van der Waals surface area (Å²) in [5, 5.41) is 43.6. The molecule has 1 radical (unpaired) electrons. The van der Waals surface area contributed by atoms with Crippen molar-refractivity contribution in [1.29, 1.82) is 10.5 Å². The molecule has 6 aromatic rings. The Bertz CT molecular complexity index is 2380. The fourth-order valence-corrected chi connectivity index (χ4v) is 7.83. The van der Waals surface area contributed by atoms with Gasteiger partial charge >= 0.3 is 17.1 Å². The Hall–Kier alpha value is -5.24. The van der Waals surface area contributed by atoms with Gasteiger partial charge in [0.15, 0.2) is 0 Å². The molecule has 0 bridgehead atoms. The Kier molecular flexibility index (Phi) is 34.5. The fourth-order valence-electron chi connectivity index (χ4n) is 7.83. The van der Waals surface area contributed by atoms with Crippen LogP contribution in [-0.4, -0.2) is 63.1 Å². The summed E-state index contributed by atoms with van der Waals surface area (Å²) >= 11 is 0. The van der Waals surface area contributed by atoms with Crippen LogP contribution >= 0.6 is 0 Å². The first kappa shape index (κ1) is 73.8. The van der Waals surface area contributed by atoms with E-state index in [1.165, 1.54) is 33.4 Å². The summed E-state index contributed by atoms with van der Waals surface area (Å²) < 4.78 is 78.7. The monoisotopic (exact) mass is 1190 g/mol. The molecule has 0 fully saturated rings. The second kappa shape index (κ2) is 36.9. The Morgan fingerprint density at radius 3 is 0.772 bits per heavy atom. The van der Waals surface area contributed by atoms with Crippen LogP contribution < -0.4 is 37.3 Å². The van der Waals surface area contributed by atoms with Gasteiger partial charge in [0.25, 0.3) is 0 Å². The maximum Gasteiger partial charge on any atom is 2.00 e. The molecule has 0 aliphatic heterocycles. The number of rotatable bonds is 17. The SMILES string of the molecule is CC(C)c1cccc(C(C)C)c1-n1cc(CN(Cc2cn(-c3c(C(C)C)cccc3C(C)C)nn2)Cc2cn(-c3c(C(C)C)cccc3C(C)C)nn2)nn1.CCC#N.CCC#N.CCOCC.[Cu+2].[O-][Cl+3]([O-])([O-])[O-].[O-][Cl+3]([O-])([O-])[O-]. The van der Waals surface area contributed by atoms with Gasteiger partial charge in [0.1, 0.15) is 0 Å². The van der Waals surface area contributed by atoms with Gasteiger partial charge in [0.05, 0.1) is 64.9 Å².